The summed E-state index contributed by atoms with van der Waals surface area (Å²) in [6.45, 7) is 2.24. The number of hydrogen-bond acceptors (Lipinski definition) is 5. The fourth-order valence-electron chi connectivity index (χ4n) is 7.46. The van der Waals surface area contributed by atoms with Gasteiger partial charge in [-0.2, -0.15) is 0 Å². The molecule has 0 fully saturated rings. The highest BCUT2D eigenvalue weighted by atomic mass is 32.1. The average Bonchev–Trinajstić information content (AvgIpc) is 3.79. The fourth-order valence-corrected chi connectivity index (χ4v) is 9.73. The van der Waals surface area contributed by atoms with Crippen molar-refractivity contribution in [3.63, 3.8) is 0 Å². The molecule has 0 atom stereocenters. The molecular formula is C47H31N3S2. The van der Waals surface area contributed by atoms with Crippen LogP contribution < -0.4 is 0 Å². The molecule has 4 heterocycles. The molecule has 0 amide bonds. The Labute approximate surface area is 309 Å². The van der Waals surface area contributed by atoms with Crippen molar-refractivity contribution in [2.24, 2.45) is 0 Å². The highest BCUT2D eigenvalue weighted by Gasteiger charge is 2.21. The van der Waals surface area contributed by atoms with Crippen molar-refractivity contribution in [2.75, 3.05) is 0 Å². The van der Waals surface area contributed by atoms with Crippen LogP contribution in [0.4, 0.5) is 0 Å². The number of fused-ring (bicyclic) bond motifs is 6. The van der Waals surface area contributed by atoms with E-state index in [-0.39, 0.29) is 0 Å². The van der Waals surface area contributed by atoms with Crippen LogP contribution in [0.25, 0.3) is 96.8 Å². The summed E-state index contributed by atoms with van der Waals surface area (Å²) in [6, 6.07) is 56.0. The van der Waals surface area contributed by atoms with Gasteiger partial charge in [0.1, 0.15) is 0 Å². The number of benzene rings is 6. The Bertz CT molecular complexity index is 2930. The molecule has 52 heavy (non-hydrogen) atoms. The third-order valence-corrected chi connectivity index (χ3v) is 12.2. The van der Waals surface area contributed by atoms with Gasteiger partial charge in [0, 0.05) is 52.5 Å². The van der Waals surface area contributed by atoms with Crippen LogP contribution in [0, 0.1) is 0 Å². The Morgan fingerprint density at radius 1 is 0.462 bits per heavy atom. The molecule has 5 heteroatoms. The summed E-state index contributed by atoms with van der Waals surface area (Å²) in [5.41, 5.74) is 12.1. The summed E-state index contributed by atoms with van der Waals surface area (Å²) in [6.07, 6.45) is 0.860. The first-order valence-corrected chi connectivity index (χ1v) is 19.2. The van der Waals surface area contributed by atoms with Gasteiger partial charge in [0.15, 0.2) is 5.82 Å². The van der Waals surface area contributed by atoms with Crippen molar-refractivity contribution < 1.29 is 0 Å². The molecule has 0 unspecified atom stereocenters. The van der Waals surface area contributed by atoms with Crippen LogP contribution in [0.15, 0.2) is 158 Å². The number of pyridine rings is 1. The van der Waals surface area contributed by atoms with Crippen molar-refractivity contribution in [1.82, 2.24) is 15.0 Å². The number of thiophene rings is 2. The predicted molar refractivity (Wildman–Crippen MR) is 222 cm³/mol. The van der Waals surface area contributed by atoms with E-state index in [2.05, 4.69) is 159 Å². The van der Waals surface area contributed by atoms with Gasteiger partial charge in [0.2, 0.25) is 0 Å². The molecule has 10 rings (SSSR count). The molecule has 246 valence electrons. The lowest BCUT2D eigenvalue weighted by molar-refractivity contribution is 1.11. The Hall–Kier alpha value is -6.01. The summed E-state index contributed by atoms with van der Waals surface area (Å²) in [4.78, 5) is 15.8. The van der Waals surface area contributed by atoms with E-state index >= 15 is 0 Å². The molecule has 3 nitrogen and oxygen atoms in total. The largest absolute Gasteiger partial charge is 0.247 e. The Morgan fingerprint density at radius 3 is 1.90 bits per heavy atom. The Morgan fingerprint density at radius 2 is 1.13 bits per heavy atom. The van der Waals surface area contributed by atoms with Crippen molar-refractivity contribution in [3.05, 3.63) is 163 Å². The van der Waals surface area contributed by atoms with Gasteiger partial charge in [-0.25, -0.2) is 15.0 Å². The maximum absolute atomic E-state index is 5.32. The Balaban J connectivity index is 1.24. The minimum atomic E-state index is 0.744. The quantitative estimate of drug-likeness (QED) is 0.173. The lowest BCUT2D eigenvalue weighted by atomic mass is 9.90. The molecule has 0 spiro atoms. The number of rotatable bonds is 6. The molecule has 0 radical (unpaired) electrons. The van der Waals surface area contributed by atoms with Gasteiger partial charge < -0.3 is 0 Å². The van der Waals surface area contributed by atoms with Crippen LogP contribution in [0.2, 0.25) is 0 Å². The van der Waals surface area contributed by atoms with E-state index in [1.807, 2.05) is 17.4 Å². The molecular weight excluding hydrogens is 671 g/mol. The lowest BCUT2D eigenvalue weighted by Crippen LogP contribution is -1.99. The highest BCUT2D eigenvalue weighted by Crippen LogP contribution is 2.46. The second kappa shape index (κ2) is 12.6. The van der Waals surface area contributed by atoms with Crippen molar-refractivity contribution in [1.29, 1.82) is 0 Å². The van der Waals surface area contributed by atoms with Gasteiger partial charge in [0.05, 0.1) is 27.3 Å². The monoisotopic (exact) mass is 701 g/mol. The molecule has 0 bridgehead atoms. The molecule has 4 aromatic heterocycles. The molecule has 0 aliphatic heterocycles. The summed E-state index contributed by atoms with van der Waals surface area (Å²) >= 11 is 3.62. The number of nitrogens with zero attached hydrogens (tertiary/aromatic N) is 3. The predicted octanol–water partition coefficient (Wildman–Crippen LogP) is 13.5. The van der Waals surface area contributed by atoms with Crippen molar-refractivity contribution >= 4 is 63.1 Å². The van der Waals surface area contributed by atoms with Crippen molar-refractivity contribution in [3.8, 4) is 56.3 Å². The third-order valence-electron chi connectivity index (χ3n) is 9.91. The molecule has 0 aliphatic carbocycles. The van der Waals surface area contributed by atoms with E-state index in [9.17, 15) is 0 Å². The zero-order chi connectivity index (χ0) is 34.6. The first-order chi connectivity index (χ1) is 25.7. The maximum Gasteiger partial charge on any atom is 0.160 e. The van der Waals surface area contributed by atoms with Crippen LogP contribution in [-0.2, 0) is 6.42 Å². The maximum atomic E-state index is 5.32. The van der Waals surface area contributed by atoms with E-state index in [1.165, 1.54) is 46.9 Å². The van der Waals surface area contributed by atoms with Gasteiger partial charge in [-0.3, -0.25) is 0 Å². The second-order valence-electron chi connectivity index (χ2n) is 13.0. The normalized spacial score (nSPS) is 11.6. The van der Waals surface area contributed by atoms with Gasteiger partial charge in [0.25, 0.3) is 0 Å². The summed E-state index contributed by atoms with van der Waals surface area (Å²) in [7, 11) is 0. The fraction of sp³-hybridized carbons (Fsp3) is 0.0426. The van der Waals surface area contributed by atoms with Gasteiger partial charge in [-0.1, -0.05) is 134 Å². The van der Waals surface area contributed by atoms with Crippen LogP contribution in [-0.4, -0.2) is 15.0 Å². The smallest absolute Gasteiger partial charge is 0.160 e. The number of hydrogen-bond donors (Lipinski definition) is 0. The molecule has 10 aromatic rings. The SMILES string of the molecule is CCc1c(-c2cccc3sc4ccc(-c5nc(-c6ccccc6)nc6c5sc5ccccc56)cc4c23)cc(-c2ccccc2)nc1-c1ccccc1. The highest BCUT2D eigenvalue weighted by molar-refractivity contribution is 7.26. The summed E-state index contributed by atoms with van der Waals surface area (Å²) < 4.78 is 4.86. The molecule has 0 N–H and O–H groups in total. The first-order valence-electron chi connectivity index (χ1n) is 17.6. The van der Waals surface area contributed by atoms with E-state index in [1.54, 1.807) is 11.3 Å². The van der Waals surface area contributed by atoms with E-state index in [0.29, 0.717) is 0 Å². The average molecular weight is 702 g/mol. The minimum Gasteiger partial charge on any atom is -0.247 e. The van der Waals surface area contributed by atoms with Gasteiger partial charge in [-0.05, 0) is 53.4 Å². The molecule has 0 saturated carbocycles. The minimum absolute atomic E-state index is 0.744. The molecule has 0 saturated heterocycles. The topological polar surface area (TPSA) is 38.7 Å². The van der Waals surface area contributed by atoms with Crippen molar-refractivity contribution in [2.45, 2.75) is 13.3 Å². The third kappa shape index (κ3) is 5.12. The summed E-state index contributed by atoms with van der Waals surface area (Å²) in [5.74, 6) is 0.744. The zero-order valence-electron chi connectivity index (χ0n) is 28.4. The van der Waals surface area contributed by atoms with Gasteiger partial charge >= 0.3 is 0 Å². The Kier molecular flexibility index (Phi) is 7.48. The molecule has 0 aliphatic rings. The van der Waals surface area contributed by atoms with E-state index < -0.39 is 0 Å². The molecule has 6 aromatic carbocycles. The van der Waals surface area contributed by atoms with E-state index in [0.717, 1.165) is 61.8 Å². The van der Waals surface area contributed by atoms with E-state index in [4.69, 9.17) is 15.0 Å². The lowest BCUT2D eigenvalue weighted by Gasteiger charge is -2.17. The standard InChI is InChI=1S/C47H31N3S2/c1-2-33-36(28-38(29-15-6-3-7-16-29)48-43(33)30-17-8-4-9-18-30)34-22-14-24-41-42(34)37-27-32(25-26-40(37)51-41)44-46-45(35-21-12-13-23-39(35)52-46)50-47(49-44)31-19-10-5-11-20-31/h3-28H,2H2,1H3. The van der Waals surface area contributed by atoms with Crippen LogP contribution in [0.3, 0.4) is 0 Å². The zero-order valence-corrected chi connectivity index (χ0v) is 30.0. The second-order valence-corrected chi connectivity index (χ2v) is 15.1. The summed E-state index contributed by atoms with van der Waals surface area (Å²) in [5, 5.41) is 3.68. The van der Waals surface area contributed by atoms with Crippen LogP contribution >= 0.6 is 22.7 Å². The van der Waals surface area contributed by atoms with Gasteiger partial charge in [-0.15, -0.1) is 22.7 Å². The number of aromatic nitrogens is 3. The van der Waals surface area contributed by atoms with Crippen LogP contribution in [0.5, 0.6) is 0 Å². The first kappa shape index (κ1) is 30.8. The van der Waals surface area contributed by atoms with Crippen LogP contribution in [0.1, 0.15) is 12.5 Å².